The highest BCUT2D eigenvalue weighted by atomic mass is 15.3. The van der Waals surface area contributed by atoms with Crippen molar-refractivity contribution < 1.29 is 0 Å². The Morgan fingerprint density at radius 1 is 0.917 bits per heavy atom. The SMILES string of the molecule is CC.CNCC(C)N.Cc1cn(C)c(C)n1.Cc1cn(C)c(N)n1.Cc1cn(C)c(NN)n1.N#CN. The molecule has 0 fully saturated rings. The van der Waals surface area contributed by atoms with Crippen molar-refractivity contribution in [3.05, 3.63) is 41.5 Å². The Morgan fingerprint density at radius 2 is 1.33 bits per heavy atom. The molecule has 13 heteroatoms. The van der Waals surface area contributed by atoms with Gasteiger partial charge in [-0.1, -0.05) is 13.8 Å². The normalized spacial score (nSPS) is 9.56. The Balaban J connectivity index is -0.000000383. The lowest BCUT2D eigenvalue weighted by atomic mass is 10.4. The minimum absolute atomic E-state index is 0.287. The van der Waals surface area contributed by atoms with Gasteiger partial charge in [-0.2, -0.15) is 5.26 Å². The number of nitrogens with zero attached hydrogens (tertiary/aromatic N) is 7. The summed E-state index contributed by atoms with van der Waals surface area (Å²) in [7, 11) is 7.64. The summed E-state index contributed by atoms with van der Waals surface area (Å²) in [6.45, 7) is 14.7. The molecule has 0 aliphatic heterocycles. The minimum Gasteiger partial charge on any atom is -0.369 e. The quantitative estimate of drug-likeness (QED) is 0.130. The molecule has 0 radical (unpaired) electrons. The molecule has 1 unspecified atom stereocenters. The van der Waals surface area contributed by atoms with Crippen LogP contribution in [-0.2, 0) is 21.1 Å². The minimum atomic E-state index is 0.287. The molecule has 0 aliphatic rings. The fourth-order valence-corrected chi connectivity index (χ4v) is 2.44. The number of anilines is 2. The number of nitrogens with one attached hydrogen (secondary N) is 2. The number of aryl methyl sites for hydroxylation is 7. The van der Waals surface area contributed by atoms with Crippen molar-refractivity contribution in [3.8, 4) is 6.19 Å². The Hall–Kier alpha value is -3.60. The molecule has 3 aromatic rings. The Kier molecular flexibility index (Phi) is 22.5. The number of nitrogen functional groups attached to an aromatic ring is 2. The second-order valence-electron chi connectivity index (χ2n) is 7.52. The highest BCUT2D eigenvalue weighted by Crippen LogP contribution is 2.02. The molecule has 36 heavy (non-hydrogen) atoms. The number of nitriles is 1. The van der Waals surface area contributed by atoms with Crippen LogP contribution in [0.2, 0.25) is 0 Å². The number of hydrogen-bond donors (Lipinski definition) is 6. The van der Waals surface area contributed by atoms with E-state index in [4.69, 9.17) is 22.6 Å². The van der Waals surface area contributed by atoms with E-state index >= 15 is 0 Å². The van der Waals surface area contributed by atoms with Crippen LogP contribution in [0.25, 0.3) is 0 Å². The van der Waals surface area contributed by atoms with Gasteiger partial charge in [-0.15, -0.1) is 0 Å². The van der Waals surface area contributed by atoms with Crippen molar-refractivity contribution in [3.63, 3.8) is 0 Å². The third kappa shape index (κ3) is 18.8. The Labute approximate surface area is 216 Å². The molecule has 10 N–H and O–H groups in total. The fraction of sp³-hybridized carbons (Fsp3) is 0.565. The molecular weight excluding hydrogens is 458 g/mol. The molecule has 1 atom stereocenters. The summed E-state index contributed by atoms with van der Waals surface area (Å²) in [4.78, 5) is 12.2. The van der Waals surface area contributed by atoms with Gasteiger partial charge in [0.15, 0.2) is 12.1 Å². The van der Waals surface area contributed by atoms with Crippen LogP contribution in [-0.4, -0.2) is 48.3 Å². The zero-order valence-corrected chi connectivity index (χ0v) is 24.0. The van der Waals surface area contributed by atoms with E-state index in [1.807, 2.05) is 104 Å². The maximum absolute atomic E-state index is 7.10. The standard InChI is InChI=1S/C6H10N2.C5H10N4.C5H9N3.C4H12N2.C2H6.CH2N2/c1-5-4-8(3)6(2)7-5;1-4-3-9(2)5(7-4)8-6;1-4-3-8(2)5(6)7-4;1-4(5)3-6-2;1-2;2-1-3/h4H,1-3H3;3H,6H2,1-2H3,(H,7,8);3H,1-2H3,(H2,6,7);4,6H,3,5H2,1-2H3;1-2H3;2H2. The van der Waals surface area contributed by atoms with Gasteiger partial charge in [0.05, 0.1) is 17.1 Å². The third-order valence-corrected chi connectivity index (χ3v) is 3.91. The van der Waals surface area contributed by atoms with Gasteiger partial charge in [0.1, 0.15) is 5.82 Å². The van der Waals surface area contributed by atoms with Crippen LogP contribution in [0.4, 0.5) is 11.9 Å². The molecule has 3 rings (SSSR count). The van der Waals surface area contributed by atoms with Gasteiger partial charge in [0.25, 0.3) is 0 Å². The highest BCUT2D eigenvalue weighted by molar-refractivity contribution is 5.25. The summed E-state index contributed by atoms with van der Waals surface area (Å²) in [5.74, 6) is 7.46. The number of imidazole rings is 3. The van der Waals surface area contributed by atoms with E-state index in [0.717, 1.165) is 29.5 Å². The van der Waals surface area contributed by atoms with Crippen LogP contribution in [0.3, 0.4) is 0 Å². The predicted molar refractivity (Wildman–Crippen MR) is 150 cm³/mol. The summed E-state index contributed by atoms with van der Waals surface area (Å²) in [6.07, 6.45) is 7.04. The first-order chi connectivity index (χ1) is 16.8. The number of aromatic nitrogens is 6. The molecule has 0 aromatic carbocycles. The first-order valence-corrected chi connectivity index (χ1v) is 11.5. The van der Waals surface area contributed by atoms with E-state index in [9.17, 15) is 0 Å². The molecule has 206 valence electrons. The maximum atomic E-state index is 7.10. The topological polar surface area (TPSA) is 205 Å². The number of likely N-dealkylation sites (N-methyl/N-ethyl adjacent to an activating group) is 1. The van der Waals surface area contributed by atoms with Crippen LogP contribution in [0.15, 0.2) is 18.6 Å². The van der Waals surface area contributed by atoms with Gasteiger partial charge in [-0.3, -0.25) is 5.43 Å². The van der Waals surface area contributed by atoms with E-state index in [1.54, 1.807) is 4.57 Å². The first kappa shape index (κ1) is 37.0. The molecule has 13 nitrogen and oxygen atoms in total. The third-order valence-electron chi connectivity index (χ3n) is 3.91. The molecule has 3 heterocycles. The molecule has 0 saturated carbocycles. The largest absolute Gasteiger partial charge is 0.369 e. The first-order valence-electron chi connectivity index (χ1n) is 11.5. The smallest absolute Gasteiger partial charge is 0.217 e. The number of nitrogens with two attached hydrogens (primary N) is 4. The highest BCUT2D eigenvalue weighted by Gasteiger charge is 1.96. The molecule has 0 saturated heterocycles. The zero-order chi connectivity index (χ0) is 28.8. The van der Waals surface area contributed by atoms with Gasteiger partial charge in [0.2, 0.25) is 5.95 Å². The zero-order valence-electron chi connectivity index (χ0n) is 24.0. The lowest BCUT2D eigenvalue weighted by Gasteiger charge is -1.99. The molecule has 0 aliphatic carbocycles. The van der Waals surface area contributed by atoms with Gasteiger partial charge in [-0.25, -0.2) is 20.8 Å². The van der Waals surface area contributed by atoms with Crippen LogP contribution >= 0.6 is 0 Å². The molecule has 0 amide bonds. The maximum Gasteiger partial charge on any atom is 0.217 e. The molecule has 0 bridgehead atoms. The average Bonchev–Trinajstić information content (AvgIpc) is 3.39. The van der Waals surface area contributed by atoms with E-state index in [1.165, 1.54) is 6.19 Å². The molecular formula is C23H49N13. The van der Waals surface area contributed by atoms with E-state index in [-0.39, 0.29) is 6.04 Å². The average molecular weight is 508 g/mol. The monoisotopic (exact) mass is 507 g/mol. The van der Waals surface area contributed by atoms with Gasteiger partial charge >= 0.3 is 0 Å². The van der Waals surface area contributed by atoms with E-state index in [0.29, 0.717) is 11.9 Å². The second kappa shape index (κ2) is 21.9. The molecule has 3 aromatic heterocycles. The van der Waals surface area contributed by atoms with Crippen molar-refractivity contribution in [1.82, 2.24) is 34.0 Å². The van der Waals surface area contributed by atoms with Crippen LogP contribution < -0.4 is 33.8 Å². The van der Waals surface area contributed by atoms with Gasteiger partial charge in [-0.05, 0) is 41.7 Å². The summed E-state index contributed by atoms with van der Waals surface area (Å²) < 4.78 is 5.62. The summed E-state index contributed by atoms with van der Waals surface area (Å²) in [6, 6.07) is 0.287. The van der Waals surface area contributed by atoms with Crippen molar-refractivity contribution in [2.75, 3.05) is 24.8 Å². The lowest BCUT2D eigenvalue weighted by molar-refractivity contribution is 0.666. The van der Waals surface area contributed by atoms with Gasteiger partial charge < -0.3 is 36.2 Å². The lowest BCUT2D eigenvalue weighted by Crippen LogP contribution is -2.28. The summed E-state index contributed by atoms with van der Waals surface area (Å²) in [5, 5.41) is 10.0. The summed E-state index contributed by atoms with van der Waals surface area (Å²) in [5.41, 5.74) is 20.4. The number of rotatable bonds is 3. The molecule has 0 spiro atoms. The van der Waals surface area contributed by atoms with Crippen LogP contribution in [0.5, 0.6) is 0 Å². The van der Waals surface area contributed by atoms with Crippen LogP contribution in [0.1, 0.15) is 43.7 Å². The summed E-state index contributed by atoms with van der Waals surface area (Å²) >= 11 is 0. The van der Waals surface area contributed by atoms with Crippen molar-refractivity contribution in [2.45, 2.75) is 54.5 Å². The fourth-order valence-electron chi connectivity index (χ4n) is 2.44. The number of hydrazine groups is 1. The van der Waals surface area contributed by atoms with Gasteiger partial charge in [0, 0.05) is 52.3 Å². The number of hydrogen-bond acceptors (Lipinski definition) is 10. The van der Waals surface area contributed by atoms with Crippen molar-refractivity contribution in [2.24, 2.45) is 38.5 Å². The van der Waals surface area contributed by atoms with E-state index in [2.05, 4.69) is 31.4 Å². The predicted octanol–water partition coefficient (Wildman–Crippen LogP) is 1.37. The second-order valence-corrected chi connectivity index (χ2v) is 7.52. The van der Waals surface area contributed by atoms with E-state index < -0.39 is 0 Å². The Morgan fingerprint density at radius 3 is 1.44 bits per heavy atom. The van der Waals surface area contributed by atoms with Crippen molar-refractivity contribution in [1.29, 1.82) is 5.26 Å². The Bertz CT molecular complexity index is 878. The van der Waals surface area contributed by atoms with Crippen molar-refractivity contribution >= 4 is 11.9 Å². The van der Waals surface area contributed by atoms with Crippen LogP contribution in [0, 0.1) is 39.1 Å².